The lowest BCUT2D eigenvalue weighted by atomic mass is 10.3. The highest BCUT2D eigenvalue weighted by Crippen LogP contribution is 2.21. The third-order valence-electron chi connectivity index (χ3n) is 1.90. The van der Waals surface area contributed by atoms with Gasteiger partial charge in [-0.25, -0.2) is 8.42 Å². The number of sulfonamides is 1. The Kier molecular flexibility index (Phi) is 4.63. The molecule has 0 heterocycles. The number of aliphatic hydroxyl groups is 1. The van der Waals surface area contributed by atoms with Crippen LogP contribution >= 0.6 is 15.9 Å². The smallest absolute Gasteiger partial charge is 0.324 e. The first-order valence-corrected chi connectivity index (χ1v) is 6.76. The lowest BCUT2D eigenvalue weighted by molar-refractivity contribution is -0.139. The SMILES string of the molecule is O=C(O)C(CO)NS(=O)(=O)c1ccccc1Br. The van der Waals surface area contributed by atoms with Gasteiger partial charge in [0.25, 0.3) is 0 Å². The Morgan fingerprint density at radius 3 is 2.47 bits per heavy atom. The van der Waals surface area contributed by atoms with Gasteiger partial charge < -0.3 is 10.2 Å². The first-order valence-electron chi connectivity index (χ1n) is 4.49. The summed E-state index contributed by atoms with van der Waals surface area (Å²) < 4.78 is 25.8. The molecule has 0 spiro atoms. The normalized spacial score (nSPS) is 13.3. The highest BCUT2D eigenvalue weighted by molar-refractivity contribution is 9.10. The summed E-state index contributed by atoms with van der Waals surface area (Å²) in [6.45, 7) is -0.820. The third-order valence-corrected chi connectivity index (χ3v) is 4.39. The van der Waals surface area contributed by atoms with Crippen LogP contribution in [0.1, 0.15) is 0 Å². The molecular weight excluding hydrogens is 314 g/mol. The van der Waals surface area contributed by atoms with Crippen LogP contribution in [0.3, 0.4) is 0 Å². The first kappa shape index (κ1) is 14.1. The molecule has 0 bridgehead atoms. The highest BCUT2D eigenvalue weighted by Gasteiger charge is 2.25. The van der Waals surface area contributed by atoms with Gasteiger partial charge in [0.2, 0.25) is 10.0 Å². The van der Waals surface area contributed by atoms with E-state index in [0.717, 1.165) is 0 Å². The van der Waals surface area contributed by atoms with Gasteiger partial charge in [0.15, 0.2) is 0 Å². The number of aliphatic carboxylic acids is 1. The van der Waals surface area contributed by atoms with Crippen LogP contribution < -0.4 is 4.72 Å². The maximum atomic E-state index is 11.8. The molecule has 1 aromatic carbocycles. The molecule has 1 unspecified atom stereocenters. The summed E-state index contributed by atoms with van der Waals surface area (Å²) in [6, 6.07) is 4.41. The van der Waals surface area contributed by atoms with Crippen molar-refractivity contribution in [3.8, 4) is 0 Å². The maximum Gasteiger partial charge on any atom is 0.324 e. The van der Waals surface area contributed by atoms with E-state index in [9.17, 15) is 13.2 Å². The lowest BCUT2D eigenvalue weighted by Crippen LogP contribution is -2.43. The van der Waals surface area contributed by atoms with Crippen molar-refractivity contribution >= 4 is 31.9 Å². The van der Waals surface area contributed by atoms with Crippen molar-refractivity contribution in [3.63, 3.8) is 0 Å². The van der Waals surface area contributed by atoms with Crippen LogP contribution in [0.2, 0.25) is 0 Å². The molecule has 3 N–H and O–H groups in total. The quantitative estimate of drug-likeness (QED) is 0.716. The topological polar surface area (TPSA) is 104 Å². The first-order chi connectivity index (χ1) is 7.88. The lowest BCUT2D eigenvalue weighted by Gasteiger charge is -2.12. The van der Waals surface area contributed by atoms with Crippen molar-refractivity contribution < 1.29 is 23.4 Å². The molecule has 0 saturated heterocycles. The van der Waals surface area contributed by atoms with Gasteiger partial charge in [-0.1, -0.05) is 12.1 Å². The summed E-state index contributed by atoms with van der Waals surface area (Å²) in [6.07, 6.45) is 0. The van der Waals surface area contributed by atoms with E-state index < -0.39 is 28.6 Å². The number of hydrogen-bond donors (Lipinski definition) is 3. The van der Waals surface area contributed by atoms with E-state index in [0.29, 0.717) is 4.47 Å². The Bertz CT molecular complexity index is 516. The minimum atomic E-state index is -3.98. The molecule has 17 heavy (non-hydrogen) atoms. The van der Waals surface area contributed by atoms with E-state index in [1.165, 1.54) is 18.2 Å². The summed E-state index contributed by atoms with van der Waals surface area (Å²) in [4.78, 5) is 10.5. The van der Waals surface area contributed by atoms with E-state index >= 15 is 0 Å². The number of carbonyl (C=O) groups is 1. The number of halogens is 1. The monoisotopic (exact) mass is 323 g/mol. The number of nitrogens with one attached hydrogen (secondary N) is 1. The molecule has 1 rings (SSSR count). The second-order valence-electron chi connectivity index (χ2n) is 3.13. The van der Waals surface area contributed by atoms with Gasteiger partial charge in [0.1, 0.15) is 6.04 Å². The molecule has 8 heteroatoms. The van der Waals surface area contributed by atoms with Crippen molar-refractivity contribution in [2.24, 2.45) is 0 Å². The number of carboxylic acid groups (broad SMARTS) is 1. The van der Waals surface area contributed by atoms with Gasteiger partial charge >= 0.3 is 5.97 Å². The summed E-state index contributed by atoms with van der Waals surface area (Å²) in [5.41, 5.74) is 0. The number of carboxylic acids is 1. The van der Waals surface area contributed by atoms with E-state index in [-0.39, 0.29) is 4.90 Å². The van der Waals surface area contributed by atoms with E-state index in [1.807, 2.05) is 4.72 Å². The van der Waals surface area contributed by atoms with Crippen LogP contribution in [0, 0.1) is 0 Å². The zero-order valence-corrected chi connectivity index (χ0v) is 10.9. The van der Waals surface area contributed by atoms with E-state index in [2.05, 4.69) is 15.9 Å². The summed E-state index contributed by atoms with van der Waals surface area (Å²) >= 11 is 3.05. The van der Waals surface area contributed by atoms with Gasteiger partial charge in [-0.15, -0.1) is 0 Å². The fourth-order valence-corrected chi connectivity index (χ4v) is 3.26. The molecule has 0 aliphatic carbocycles. The van der Waals surface area contributed by atoms with Gasteiger partial charge in [-0.2, -0.15) is 4.72 Å². The van der Waals surface area contributed by atoms with Crippen molar-refractivity contribution in [1.29, 1.82) is 0 Å². The second kappa shape index (κ2) is 5.58. The van der Waals surface area contributed by atoms with Crippen LogP contribution in [-0.2, 0) is 14.8 Å². The van der Waals surface area contributed by atoms with Crippen LogP contribution in [0.25, 0.3) is 0 Å². The summed E-state index contributed by atoms with van der Waals surface area (Å²) in [5.74, 6) is -1.44. The number of rotatable bonds is 5. The molecular formula is C9H10BrNO5S. The summed E-state index contributed by atoms with van der Waals surface area (Å²) in [7, 11) is -3.98. The molecule has 6 nitrogen and oxygen atoms in total. The molecule has 1 aromatic rings. The molecule has 1 atom stereocenters. The molecule has 94 valence electrons. The molecule has 0 aromatic heterocycles. The Balaban J connectivity index is 3.05. The predicted molar refractivity (Wildman–Crippen MR) is 63.0 cm³/mol. The van der Waals surface area contributed by atoms with Gasteiger partial charge in [-0.3, -0.25) is 4.79 Å². The Labute approximate surface area is 106 Å². The van der Waals surface area contributed by atoms with Gasteiger partial charge in [0, 0.05) is 4.47 Å². The minimum Gasteiger partial charge on any atom is -0.480 e. The Hall–Kier alpha value is -0.960. The fourth-order valence-electron chi connectivity index (χ4n) is 1.08. The van der Waals surface area contributed by atoms with Crippen molar-refractivity contribution in [3.05, 3.63) is 28.7 Å². The largest absolute Gasteiger partial charge is 0.480 e. The third kappa shape index (κ3) is 3.50. The Morgan fingerprint density at radius 1 is 1.41 bits per heavy atom. The molecule has 0 radical (unpaired) electrons. The standard InChI is InChI=1S/C9H10BrNO5S/c10-6-3-1-2-4-8(6)17(15,16)11-7(5-12)9(13)14/h1-4,7,11-12H,5H2,(H,13,14). The Morgan fingerprint density at radius 2 is 2.00 bits per heavy atom. The van der Waals surface area contributed by atoms with Crippen LogP contribution in [0.4, 0.5) is 0 Å². The van der Waals surface area contributed by atoms with Gasteiger partial charge in [-0.05, 0) is 28.1 Å². The number of hydrogen-bond acceptors (Lipinski definition) is 4. The number of benzene rings is 1. The molecule has 0 amide bonds. The zero-order valence-electron chi connectivity index (χ0n) is 8.50. The molecule has 0 aliphatic heterocycles. The van der Waals surface area contributed by atoms with Crippen LogP contribution in [0.5, 0.6) is 0 Å². The van der Waals surface area contributed by atoms with Crippen molar-refractivity contribution in [1.82, 2.24) is 4.72 Å². The average Bonchev–Trinajstić information content (AvgIpc) is 2.26. The maximum absolute atomic E-state index is 11.8. The summed E-state index contributed by atoms with van der Waals surface area (Å²) in [5, 5.41) is 17.4. The molecule has 0 fully saturated rings. The molecule has 0 aliphatic rings. The predicted octanol–water partition coefficient (Wildman–Crippen LogP) is 0.173. The van der Waals surface area contributed by atoms with Crippen LogP contribution in [-0.4, -0.2) is 37.2 Å². The van der Waals surface area contributed by atoms with E-state index in [4.69, 9.17) is 10.2 Å². The van der Waals surface area contributed by atoms with Crippen LogP contribution in [0.15, 0.2) is 33.6 Å². The second-order valence-corrected chi connectivity index (χ2v) is 5.66. The average molecular weight is 324 g/mol. The molecule has 0 saturated carbocycles. The van der Waals surface area contributed by atoms with E-state index in [1.54, 1.807) is 6.07 Å². The van der Waals surface area contributed by atoms with Crippen molar-refractivity contribution in [2.75, 3.05) is 6.61 Å². The fraction of sp³-hybridized carbons (Fsp3) is 0.222. The zero-order chi connectivity index (χ0) is 13.1. The highest BCUT2D eigenvalue weighted by atomic mass is 79.9. The number of aliphatic hydroxyl groups excluding tert-OH is 1. The van der Waals surface area contributed by atoms with Gasteiger partial charge in [0.05, 0.1) is 11.5 Å². The minimum absolute atomic E-state index is 0.0836. The van der Waals surface area contributed by atoms with Crippen molar-refractivity contribution in [2.45, 2.75) is 10.9 Å².